The summed E-state index contributed by atoms with van der Waals surface area (Å²) in [5.41, 5.74) is -0.390. The summed E-state index contributed by atoms with van der Waals surface area (Å²) in [6, 6.07) is 0. The van der Waals surface area contributed by atoms with Crippen molar-refractivity contribution in [1.82, 2.24) is 0 Å². The predicted octanol–water partition coefficient (Wildman–Crippen LogP) is 2.37. The summed E-state index contributed by atoms with van der Waals surface area (Å²) in [6.45, 7) is 12.9. The van der Waals surface area contributed by atoms with Gasteiger partial charge in [0, 0.05) is 5.41 Å². The SMILES string of the molecule is CC(C)C(=O)OCC(C)(C)C(O)C(C)C.COC(=O)CC(C)=O. The molecule has 0 aromatic carbocycles. The van der Waals surface area contributed by atoms with Crippen LogP contribution >= 0.6 is 0 Å². The first-order chi connectivity index (χ1) is 10.3. The summed E-state index contributed by atoms with van der Waals surface area (Å²) in [6.07, 6.45) is -0.575. The van der Waals surface area contributed by atoms with E-state index in [1.165, 1.54) is 14.0 Å². The highest BCUT2D eigenvalue weighted by Gasteiger charge is 2.31. The maximum Gasteiger partial charge on any atom is 0.313 e. The van der Waals surface area contributed by atoms with E-state index < -0.39 is 17.5 Å². The summed E-state index contributed by atoms with van der Waals surface area (Å²) < 4.78 is 9.34. The Kier molecular flexibility index (Phi) is 11.6. The minimum absolute atomic E-state index is 0.114. The molecule has 0 aromatic heterocycles. The van der Waals surface area contributed by atoms with E-state index in [1.54, 1.807) is 13.8 Å². The zero-order valence-corrected chi connectivity index (χ0v) is 15.6. The molecule has 0 aliphatic heterocycles. The number of carbonyl (C=O) groups is 3. The van der Waals surface area contributed by atoms with Crippen LogP contribution in [0.15, 0.2) is 0 Å². The van der Waals surface area contributed by atoms with Crippen LogP contribution in [0.2, 0.25) is 0 Å². The highest BCUT2D eigenvalue weighted by molar-refractivity contribution is 5.93. The van der Waals surface area contributed by atoms with E-state index in [0.29, 0.717) is 0 Å². The number of Topliss-reactive ketones (excluding diaryl/α,β-unsaturated/α-hetero) is 1. The van der Waals surface area contributed by atoms with Gasteiger partial charge in [-0.3, -0.25) is 14.4 Å². The van der Waals surface area contributed by atoms with Gasteiger partial charge < -0.3 is 14.6 Å². The molecule has 0 aromatic rings. The summed E-state index contributed by atoms with van der Waals surface area (Å²) in [7, 11) is 1.26. The summed E-state index contributed by atoms with van der Waals surface area (Å²) in [5, 5.41) is 9.91. The van der Waals surface area contributed by atoms with E-state index in [-0.39, 0.29) is 36.6 Å². The molecule has 0 bridgehead atoms. The van der Waals surface area contributed by atoms with Crippen molar-refractivity contribution in [3.63, 3.8) is 0 Å². The molecule has 1 N–H and O–H groups in total. The van der Waals surface area contributed by atoms with Gasteiger partial charge in [-0.15, -0.1) is 0 Å². The Morgan fingerprint density at radius 2 is 1.57 bits per heavy atom. The Morgan fingerprint density at radius 3 is 1.83 bits per heavy atom. The van der Waals surface area contributed by atoms with Crippen LogP contribution in [-0.4, -0.2) is 42.6 Å². The lowest BCUT2D eigenvalue weighted by atomic mass is 9.81. The van der Waals surface area contributed by atoms with Gasteiger partial charge in [0.05, 0.1) is 25.7 Å². The number of hydrogen-bond donors (Lipinski definition) is 1. The number of hydrogen-bond acceptors (Lipinski definition) is 6. The molecule has 0 rings (SSSR count). The second-order valence-corrected chi connectivity index (χ2v) is 6.89. The minimum Gasteiger partial charge on any atom is -0.469 e. The van der Waals surface area contributed by atoms with Gasteiger partial charge in [0.1, 0.15) is 12.2 Å². The van der Waals surface area contributed by atoms with Gasteiger partial charge in [-0.05, 0) is 12.8 Å². The van der Waals surface area contributed by atoms with Crippen LogP contribution < -0.4 is 0 Å². The van der Waals surface area contributed by atoms with E-state index in [9.17, 15) is 19.5 Å². The van der Waals surface area contributed by atoms with Gasteiger partial charge in [0.2, 0.25) is 0 Å². The molecule has 6 nitrogen and oxygen atoms in total. The molecule has 6 heteroatoms. The normalized spacial score (nSPS) is 12.3. The monoisotopic (exact) mass is 332 g/mol. The summed E-state index contributed by atoms with van der Waals surface area (Å²) in [4.78, 5) is 31.6. The highest BCUT2D eigenvalue weighted by Crippen LogP contribution is 2.26. The Hall–Kier alpha value is -1.43. The van der Waals surface area contributed by atoms with Crippen LogP contribution in [-0.2, 0) is 23.9 Å². The van der Waals surface area contributed by atoms with Crippen LogP contribution in [0.1, 0.15) is 54.9 Å². The fourth-order valence-corrected chi connectivity index (χ4v) is 1.69. The molecule has 23 heavy (non-hydrogen) atoms. The molecule has 0 aliphatic carbocycles. The number of rotatable bonds is 7. The summed E-state index contributed by atoms with van der Waals surface area (Å²) in [5.74, 6) is -0.803. The number of carbonyl (C=O) groups excluding carboxylic acids is 3. The summed E-state index contributed by atoms with van der Waals surface area (Å²) >= 11 is 0. The number of methoxy groups -OCH3 is 1. The van der Waals surface area contributed by atoms with Crippen molar-refractivity contribution in [3.8, 4) is 0 Å². The maximum absolute atomic E-state index is 11.3. The molecule has 0 fully saturated rings. The lowest BCUT2D eigenvalue weighted by Crippen LogP contribution is -2.38. The molecular weight excluding hydrogens is 300 g/mol. The molecule has 0 saturated heterocycles. The van der Waals surface area contributed by atoms with Crippen LogP contribution in [0.5, 0.6) is 0 Å². The van der Waals surface area contributed by atoms with Crippen LogP contribution in [0.4, 0.5) is 0 Å². The fourth-order valence-electron chi connectivity index (χ4n) is 1.69. The predicted molar refractivity (Wildman–Crippen MR) is 87.7 cm³/mol. The Morgan fingerprint density at radius 1 is 1.09 bits per heavy atom. The van der Waals surface area contributed by atoms with E-state index in [2.05, 4.69) is 4.74 Å². The van der Waals surface area contributed by atoms with E-state index >= 15 is 0 Å². The van der Waals surface area contributed by atoms with Gasteiger partial charge in [0.25, 0.3) is 0 Å². The zero-order chi connectivity index (χ0) is 18.8. The van der Waals surface area contributed by atoms with E-state index in [0.717, 1.165) is 0 Å². The molecule has 0 spiro atoms. The van der Waals surface area contributed by atoms with Gasteiger partial charge >= 0.3 is 11.9 Å². The molecule has 136 valence electrons. The molecule has 0 saturated carbocycles. The van der Waals surface area contributed by atoms with Crippen molar-refractivity contribution in [2.45, 2.75) is 61.0 Å². The topological polar surface area (TPSA) is 89.9 Å². The van der Waals surface area contributed by atoms with Gasteiger partial charge in [0.15, 0.2) is 0 Å². The minimum atomic E-state index is -0.475. The molecule has 0 amide bonds. The van der Waals surface area contributed by atoms with Crippen LogP contribution in [0.25, 0.3) is 0 Å². The first kappa shape index (κ1) is 23.8. The van der Waals surface area contributed by atoms with Crippen molar-refractivity contribution in [2.75, 3.05) is 13.7 Å². The third kappa shape index (κ3) is 11.8. The highest BCUT2D eigenvalue weighted by atomic mass is 16.5. The second kappa shape index (κ2) is 11.2. The molecule has 1 unspecified atom stereocenters. The van der Waals surface area contributed by atoms with E-state index in [4.69, 9.17) is 4.74 Å². The third-order valence-corrected chi connectivity index (χ3v) is 3.11. The lowest BCUT2D eigenvalue weighted by Gasteiger charge is -2.32. The first-order valence-electron chi connectivity index (χ1n) is 7.76. The van der Waals surface area contributed by atoms with E-state index in [1.807, 2.05) is 27.7 Å². The first-order valence-corrected chi connectivity index (χ1v) is 7.76. The lowest BCUT2D eigenvalue weighted by molar-refractivity contribution is -0.153. The number of esters is 2. The molecular formula is C17H32O6. The number of aliphatic hydroxyl groups is 1. The standard InChI is InChI=1S/C12H24O3.C5H8O3/c1-8(2)10(13)12(5,6)7-15-11(14)9(3)4;1-4(6)3-5(7)8-2/h8-10,13H,7H2,1-6H3;3H2,1-2H3. The number of ether oxygens (including phenoxy) is 2. The van der Waals surface area contributed by atoms with Gasteiger partial charge in [-0.25, -0.2) is 0 Å². The number of ketones is 1. The average molecular weight is 332 g/mol. The zero-order valence-electron chi connectivity index (χ0n) is 15.6. The second-order valence-electron chi connectivity index (χ2n) is 6.89. The van der Waals surface area contributed by atoms with Gasteiger partial charge in [-0.2, -0.15) is 0 Å². The van der Waals surface area contributed by atoms with Gasteiger partial charge in [-0.1, -0.05) is 41.5 Å². The van der Waals surface area contributed by atoms with Crippen molar-refractivity contribution in [3.05, 3.63) is 0 Å². The van der Waals surface area contributed by atoms with Crippen LogP contribution in [0.3, 0.4) is 0 Å². The fraction of sp³-hybridized carbons (Fsp3) is 0.824. The number of aliphatic hydroxyl groups excluding tert-OH is 1. The molecule has 0 aliphatic rings. The quantitative estimate of drug-likeness (QED) is 0.568. The molecule has 0 heterocycles. The largest absolute Gasteiger partial charge is 0.469 e. The molecule has 0 radical (unpaired) electrons. The van der Waals surface area contributed by atoms with Crippen molar-refractivity contribution >= 4 is 17.7 Å². The van der Waals surface area contributed by atoms with Crippen molar-refractivity contribution in [1.29, 1.82) is 0 Å². The smallest absolute Gasteiger partial charge is 0.313 e. The Balaban J connectivity index is 0. The Bertz CT molecular complexity index is 385. The average Bonchev–Trinajstić information content (AvgIpc) is 2.43. The molecule has 1 atom stereocenters. The van der Waals surface area contributed by atoms with Crippen LogP contribution in [0, 0.1) is 17.3 Å². The maximum atomic E-state index is 11.3. The van der Waals surface area contributed by atoms with Crippen molar-refractivity contribution in [2.24, 2.45) is 17.3 Å². The van der Waals surface area contributed by atoms with Crippen molar-refractivity contribution < 1.29 is 29.0 Å². The third-order valence-electron chi connectivity index (χ3n) is 3.11. The Labute approximate surface area is 139 Å².